The van der Waals surface area contributed by atoms with Crippen molar-refractivity contribution in [1.29, 1.82) is 0 Å². The zero-order valence-electron chi connectivity index (χ0n) is 11.7. The summed E-state index contributed by atoms with van der Waals surface area (Å²) in [5.41, 5.74) is 2.31. The van der Waals surface area contributed by atoms with Crippen LogP contribution in [0.4, 0.5) is 0 Å². The van der Waals surface area contributed by atoms with Crippen molar-refractivity contribution >= 4 is 11.6 Å². The summed E-state index contributed by atoms with van der Waals surface area (Å²) in [7, 11) is 0. The Balaban J connectivity index is 1.85. The van der Waals surface area contributed by atoms with Crippen LogP contribution in [0.2, 0.25) is 5.02 Å². The first-order valence-electron chi connectivity index (χ1n) is 6.76. The summed E-state index contributed by atoms with van der Waals surface area (Å²) < 4.78 is 10.7. The molecule has 0 saturated carbocycles. The second-order valence-corrected chi connectivity index (χ2v) is 4.92. The standard InChI is InChI=1S/C18H17ClO2/c1-2-11-20-12-13-21-17-9-7-15(8-10-17)14-16-5-3-4-6-18(16)19/h1,3-10H,11-14H2. The summed E-state index contributed by atoms with van der Waals surface area (Å²) in [6.45, 7) is 1.30. The SMILES string of the molecule is C#CCOCCOc1ccc(Cc2ccccc2Cl)cc1. The molecule has 2 aromatic rings. The highest BCUT2D eigenvalue weighted by atomic mass is 35.5. The average Bonchev–Trinajstić information content (AvgIpc) is 2.51. The molecule has 0 aliphatic rings. The maximum Gasteiger partial charge on any atom is 0.119 e. The lowest BCUT2D eigenvalue weighted by Gasteiger charge is -2.08. The van der Waals surface area contributed by atoms with Crippen molar-refractivity contribution in [1.82, 2.24) is 0 Å². The van der Waals surface area contributed by atoms with Crippen LogP contribution < -0.4 is 4.74 Å². The third-order valence-corrected chi connectivity index (χ3v) is 3.33. The van der Waals surface area contributed by atoms with Gasteiger partial charge < -0.3 is 9.47 Å². The Bertz CT molecular complexity index is 599. The number of benzene rings is 2. The van der Waals surface area contributed by atoms with Gasteiger partial charge in [-0.05, 0) is 35.7 Å². The highest BCUT2D eigenvalue weighted by Gasteiger charge is 2.01. The normalized spacial score (nSPS) is 10.1. The van der Waals surface area contributed by atoms with Crippen molar-refractivity contribution in [3.05, 3.63) is 64.7 Å². The quantitative estimate of drug-likeness (QED) is 0.569. The lowest BCUT2D eigenvalue weighted by molar-refractivity contribution is 0.124. The maximum atomic E-state index is 6.16. The molecule has 0 heterocycles. The van der Waals surface area contributed by atoms with Gasteiger partial charge in [0.1, 0.15) is 19.0 Å². The largest absolute Gasteiger partial charge is 0.491 e. The summed E-state index contributed by atoms with van der Waals surface area (Å²) in [6, 6.07) is 15.9. The van der Waals surface area contributed by atoms with E-state index in [-0.39, 0.29) is 0 Å². The fourth-order valence-corrected chi connectivity index (χ4v) is 2.12. The second kappa shape index (κ2) is 8.36. The minimum absolute atomic E-state index is 0.320. The minimum atomic E-state index is 0.320. The van der Waals surface area contributed by atoms with Gasteiger partial charge in [0.25, 0.3) is 0 Å². The van der Waals surface area contributed by atoms with E-state index < -0.39 is 0 Å². The summed E-state index contributed by atoms with van der Waals surface area (Å²) >= 11 is 6.16. The topological polar surface area (TPSA) is 18.5 Å². The first-order valence-corrected chi connectivity index (χ1v) is 7.14. The minimum Gasteiger partial charge on any atom is -0.491 e. The van der Waals surface area contributed by atoms with Gasteiger partial charge in [-0.15, -0.1) is 6.42 Å². The Morgan fingerprint density at radius 3 is 2.48 bits per heavy atom. The van der Waals surface area contributed by atoms with E-state index in [1.807, 2.05) is 48.5 Å². The molecule has 0 aromatic heterocycles. The van der Waals surface area contributed by atoms with Crippen LogP contribution in [-0.4, -0.2) is 19.8 Å². The van der Waals surface area contributed by atoms with Gasteiger partial charge in [0.2, 0.25) is 0 Å². The van der Waals surface area contributed by atoms with Gasteiger partial charge in [0.05, 0.1) is 6.61 Å². The Hall–Kier alpha value is -1.95. The molecule has 0 amide bonds. The van der Waals surface area contributed by atoms with E-state index in [4.69, 9.17) is 27.5 Å². The van der Waals surface area contributed by atoms with E-state index in [1.165, 1.54) is 5.56 Å². The molecular weight excluding hydrogens is 284 g/mol. The van der Waals surface area contributed by atoms with Gasteiger partial charge in [0, 0.05) is 5.02 Å². The molecule has 0 fully saturated rings. The van der Waals surface area contributed by atoms with Crippen LogP contribution in [0, 0.1) is 12.3 Å². The third-order valence-electron chi connectivity index (χ3n) is 2.96. The Kier molecular flexibility index (Phi) is 6.15. The van der Waals surface area contributed by atoms with Crippen molar-refractivity contribution in [3.63, 3.8) is 0 Å². The van der Waals surface area contributed by atoms with Crippen LogP contribution in [-0.2, 0) is 11.2 Å². The van der Waals surface area contributed by atoms with Gasteiger partial charge in [-0.1, -0.05) is 47.9 Å². The summed E-state index contributed by atoms with van der Waals surface area (Å²) in [4.78, 5) is 0. The van der Waals surface area contributed by atoms with E-state index >= 15 is 0 Å². The number of rotatable bonds is 7. The summed E-state index contributed by atoms with van der Waals surface area (Å²) in [5.74, 6) is 3.23. The number of halogens is 1. The van der Waals surface area contributed by atoms with E-state index in [2.05, 4.69) is 5.92 Å². The molecule has 0 radical (unpaired) electrons. The van der Waals surface area contributed by atoms with Crippen molar-refractivity contribution in [2.24, 2.45) is 0 Å². The second-order valence-electron chi connectivity index (χ2n) is 4.52. The molecule has 2 nitrogen and oxygen atoms in total. The van der Waals surface area contributed by atoms with Crippen LogP contribution >= 0.6 is 11.6 Å². The molecular formula is C18H17ClO2. The van der Waals surface area contributed by atoms with Crippen LogP contribution in [0.1, 0.15) is 11.1 Å². The van der Waals surface area contributed by atoms with Gasteiger partial charge >= 0.3 is 0 Å². The van der Waals surface area contributed by atoms with Gasteiger partial charge in [-0.3, -0.25) is 0 Å². The fraction of sp³-hybridized carbons (Fsp3) is 0.222. The maximum absolute atomic E-state index is 6.16. The van der Waals surface area contributed by atoms with Gasteiger partial charge in [0.15, 0.2) is 0 Å². The number of hydrogen-bond donors (Lipinski definition) is 0. The van der Waals surface area contributed by atoms with E-state index in [9.17, 15) is 0 Å². The molecule has 0 atom stereocenters. The first kappa shape index (κ1) is 15.4. The molecule has 0 aliphatic carbocycles. The Morgan fingerprint density at radius 2 is 1.76 bits per heavy atom. The number of terminal acetylenes is 1. The van der Waals surface area contributed by atoms with Crippen molar-refractivity contribution < 1.29 is 9.47 Å². The van der Waals surface area contributed by atoms with Crippen molar-refractivity contribution in [3.8, 4) is 18.1 Å². The molecule has 0 spiro atoms. The lowest BCUT2D eigenvalue weighted by Crippen LogP contribution is -2.06. The zero-order chi connectivity index (χ0) is 14.9. The van der Waals surface area contributed by atoms with Gasteiger partial charge in [-0.25, -0.2) is 0 Å². The smallest absolute Gasteiger partial charge is 0.119 e. The first-order chi connectivity index (χ1) is 10.3. The van der Waals surface area contributed by atoms with E-state index in [0.717, 1.165) is 22.8 Å². The van der Waals surface area contributed by atoms with Crippen molar-refractivity contribution in [2.45, 2.75) is 6.42 Å². The Labute approximate surface area is 130 Å². The number of ether oxygens (including phenoxy) is 2. The zero-order valence-corrected chi connectivity index (χ0v) is 12.5. The van der Waals surface area contributed by atoms with Gasteiger partial charge in [-0.2, -0.15) is 0 Å². The van der Waals surface area contributed by atoms with Crippen LogP contribution in [0.3, 0.4) is 0 Å². The van der Waals surface area contributed by atoms with E-state index in [0.29, 0.717) is 19.8 Å². The predicted molar refractivity (Wildman–Crippen MR) is 85.8 cm³/mol. The molecule has 108 valence electrons. The fourth-order valence-electron chi connectivity index (χ4n) is 1.91. The average molecular weight is 301 g/mol. The highest BCUT2D eigenvalue weighted by molar-refractivity contribution is 6.31. The molecule has 2 aromatic carbocycles. The predicted octanol–water partition coefficient (Wildman–Crippen LogP) is 3.96. The molecule has 0 bridgehead atoms. The molecule has 0 saturated heterocycles. The molecule has 0 N–H and O–H groups in total. The van der Waals surface area contributed by atoms with E-state index in [1.54, 1.807) is 0 Å². The van der Waals surface area contributed by atoms with Crippen LogP contribution in [0.15, 0.2) is 48.5 Å². The molecule has 0 unspecified atom stereocenters. The van der Waals surface area contributed by atoms with Crippen molar-refractivity contribution in [2.75, 3.05) is 19.8 Å². The molecule has 3 heteroatoms. The summed E-state index contributed by atoms with van der Waals surface area (Å²) in [6.07, 6.45) is 5.90. The highest BCUT2D eigenvalue weighted by Crippen LogP contribution is 2.20. The number of hydrogen-bond acceptors (Lipinski definition) is 2. The Morgan fingerprint density at radius 1 is 1.00 bits per heavy atom. The van der Waals surface area contributed by atoms with Crippen LogP contribution in [0.5, 0.6) is 5.75 Å². The third kappa shape index (κ3) is 5.15. The monoisotopic (exact) mass is 300 g/mol. The molecule has 21 heavy (non-hydrogen) atoms. The van der Waals surface area contributed by atoms with Crippen LogP contribution in [0.25, 0.3) is 0 Å². The molecule has 0 aliphatic heterocycles. The lowest BCUT2D eigenvalue weighted by atomic mass is 10.1. The summed E-state index contributed by atoms with van der Waals surface area (Å²) in [5, 5.41) is 0.795. The molecule has 2 rings (SSSR count).